The van der Waals surface area contributed by atoms with Gasteiger partial charge in [0.05, 0.1) is 0 Å². The number of carbonyl (C=O) groups excluding carboxylic acids is 1. The van der Waals surface area contributed by atoms with Gasteiger partial charge in [-0.15, -0.1) is 11.3 Å². The van der Waals surface area contributed by atoms with Crippen LogP contribution in [0.5, 0.6) is 0 Å². The Bertz CT molecular complexity index is 695. The van der Waals surface area contributed by atoms with Crippen molar-refractivity contribution < 1.29 is 4.79 Å². The first kappa shape index (κ1) is 15.2. The minimum atomic E-state index is -0.230. The molecule has 0 fully saturated rings. The molecule has 106 valence electrons. The van der Waals surface area contributed by atoms with Crippen LogP contribution in [0.3, 0.4) is 0 Å². The molecular formula is C18H17NOS. The summed E-state index contributed by atoms with van der Waals surface area (Å²) in [5.74, 6) is -0.230. The van der Waals surface area contributed by atoms with Gasteiger partial charge in [-0.3, -0.25) is 4.79 Å². The third-order valence-electron chi connectivity index (χ3n) is 3.21. The normalized spacial score (nSPS) is 12.0. The fourth-order valence-electron chi connectivity index (χ4n) is 1.94. The second-order valence-electron chi connectivity index (χ2n) is 5.84. The van der Waals surface area contributed by atoms with Crippen LogP contribution in [0.1, 0.15) is 41.6 Å². The second kappa shape index (κ2) is 6.07. The van der Waals surface area contributed by atoms with Crippen LogP contribution in [-0.4, -0.2) is 5.78 Å². The molecule has 1 heterocycles. The van der Waals surface area contributed by atoms with E-state index in [0.717, 1.165) is 4.88 Å². The maximum absolute atomic E-state index is 12.4. The first-order valence-corrected chi connectivity index (χ1v) is 7.60. The van der Waals surface area contributed by atoms with E-state index >= 15 is 0 Å². The number of thiophene rings is 1. The van der Waals surface area contributed by atoms with E-state index in [2.05, 4.69) is 20.8 Å². The maximum Gasteiger partial charge on any atom is 0.203 e. The van der Waals surface area contributed by atoms with Crippen LogP contribution in [0.2, 0.25) is 0 Å². The fourth-order valence-corrected chi connectivity index (χ4v) is 2.60. The summed E-state index contributed by atoms with van der Waals surface area (Å²) in [6, 6.07) is 13.3. The Morgan fingerprint density at radius 2 is 1.86 bits per heavy atom. The molecule has 0 amide bonds. The van der Waals surface area contributed by atoms with E-state index < -0.39 is 0 Å². The number of nitrogens with zero attached hydrogens (tertiary/aromatic N) is 1. The molecule has 0 bridgehead atoms. The second-order valence-corrected chi connectivity index (χ2v) is 6.82. The molecule has 0 aliphatic heterocycles. The zero-order chi connectivity index (χ0) is 15.5. The lowest BCUT2D eigenvalue weighted by Gasteiger charge is -2.18. The van der Waals surface area contributed by atoms with Crippen molar-refractivity contribution in [3.63, 3.8) is 0 Å². The Morgan fingerprint density at radius 3 is 2.33 bits per heavy atom. The van der Waals surface area contributed by atoms with Crippen LogP contribution in [0.15, 0.2) is 47.4 Å². The molecular weight excluding hydrogens is 278 g/mol. The van der Waals surface area contributed by atoms with Crippen LogP contribution >= 0.6 is 11.3 Å². The van der Waals surface area contributed by atoms with E-state index in [1.54, 1.807) is 18.2 Å². The van der Waals surface area contributed by atoms with Gasteiger partial charge in [-0.25, -0.2) is 0 Å². The number of ketones is 1. The first-order chi connectivity index (χ1) is 9.91. The smallest absolute Gasteiger partial charge is 0.203 e. The SMILES string of the molecule is CC(C)(C)c1ccc(C(=O)/C(C#N)=C/c2cccs2)cc1. The molecule has 21 heavy (non-hydrogen) atoms. The van der Waals surface area contributed by atoms with E-state index in [9.17, 15) is 10.1 Å². The summed E-state index contributed by atoms with van der Waals surface area (Å²) in [4.78, 5) is 13.3. The lowest BCUT2D eigenvalue weighted by atomic mass is 9.86. The van der Waals surface area contributed by atoms with Crippen molar-refractivity contribution >= 4 is 23.2 Å². The molecule has 0 atom stereocenters. The zero-order valence-electron chi connectivity index (χ0n) is 12.4. The van der Waals surface area contributed by atoms with Gasteiger partial charge in [0.2, 0.25) is 5.78 Å². The molecule has 0 N–H and O–H groups in total. The molecule has 0 radical (unpaired) electrons. The van der Waals surface area contributed by atoms with Gasteiger partial charge < -0.3 is 0 Å². The minimum Gasteiger partial charge on any atom is -0.288 e. The largest absolute Gasteiger partial charge is 0.288 e. The Labute approximate surface area is 129 Å². The topological polar surface area (TPSA) is 40.9 Å². The Morgan fingerprint density at radius 1 is 1.19 bits per heavy atom. The van der Waals surface area contributed by atoms with Crippen LogP contribution in [0.25, 0.3) is 6.08 Å². The molecule has 1 aromatic heterocycles. The Kier molecular flexibility index (Phi) is 4.40. The monoisotopic (exact) mass is 295 g/mol. The molecule has 2 aromatic rings. The zero-order valence-corrected chi connectivity index (χ0v) is 13.2. The van der Waals surface area contributed by atoms with Crippen LogP contribution < -0.4 is 0 Å². The van der Waals surface area contributed by atoms with Gasteiger partial charge in [0.25, 0.3) is 0 Å². The summed E-state index contributed by atoms with van der Waals surface area (Å²) in [6.07, 6.45) is 1.64. The number of benzene rings is 1. The molecule has 1 aromatic carbocycles. The standard InChI is InChI=1S/C18H17NOS/c1-18(2,3)15-8-6-13(7-9-15)17(20)14(12-19)11-16-5-4-10-21-16/h4-11H,1-3H3/b14-11+. The molecule has 0 aliphatic carbocycles. The molecule has 0 aliphatic rings. The molecule has 0 saturated heterocycles. The molecule has 0 spiro atoms. The van der Waals surface area contributed by atoms with Crippen LogP contribution in [0, 0.1) is 11.3 Å². The van der Waals surface area contributed by atoms with E-state index in [1.807, 2.05) is 35.7 Å². The van der Waals surface area contributed by atoms with E-state index in [0.29, 0.717) is 5.56 Å². The Hall–Kier alpha value is -2.18. The minimum absolute atomic E-state index is 0.0481. The highest BCUT2D eigenvalue weighted by molar-refractivity contribution is 7.10. The van der Waals surface area contributed by atoms with Gasteiger partial charge >= 0.3 is 0 Å². The average molecular weight is 295 g/mol. The van der Waals surface area contributed by atoms with Crippen molar-refractivity contribution in [1.29, 1.82) is 5.26 Å². The molecule has 2 nitrogen and oxygen atoms in total. The number of nitriles is 1. The summed E-state index contributed by atoms with van der Waals surface area (Å²) in [6.45, 7) is 6.38. The lowest BCUT2D eigenvalue weighted by molar-refractivity contribution is 0.104. The van der Waals surface area contributed by atoms with Crippen molar-refractivity contribution in [1.82, 2.24) is 0 Å². The van der Waals surface area contributed by atoms with Crippen molar-refractivity contribution in [2.45, 2.75) is 26.2 Å². The number of rotatable bonds is 3. The van der Waals surface area contributed by atoms with Gasteiger partial charge in [0, 0.05) is 10.4 Å². The summed E-state index contributed by atoms with van der Waals surface area (Å²) in [5, 5.41) is 11.1. The highest BCUT2D eigenvalue weighted by Gasteiger charge is 2.16. The number of hydrogen-bond acceptors (Lipinski definition) is 3. The van der Waals surface area contributed by atoms with E-state index in [4.69, 9.17) is 0 Å². The summed E-state index contributed by atoms with van der Waals surface area (Å²) < 4.78 is 0. The van der Waals surface area contributed by atoms with Gasteiger partial charge in [-0.2, -0.15) is 5.26 Å². The lowest BCUT2D eigenvalue weighted by Crippen LogP contribution is -2.11. The number of allylic oxidation sites excluding steroid dienone is 1. The van der Waals surface area contributed by atoms with Gasteiger partial charge in [0.1, 0.15) is 11.6 Å². The maximum atomic E-state index is 12.4. The van der Waals surface area contributed by atoms with Crippen LogP contribution in [0.4, 0.5) is 0 Å². The highest BCUT2D eigenvalue weighted by atomic mass is 32.1. The van der Waals surface area contributed by atoms with Crippen molar-refractivity contribution in [3.05, 3.63) is 63.4 Å². The number of Topliss-reactive ketones (excluding diaryl/α,β-unsaturated/α-hetero) is 1. The predicted molar refractivity (Wildman–Crippen MR) is 87.4 cm³/mol. The third-order valence-corrected chi connectivity index (χ3v) is 4.03. The average Bonchev–Trinajstić information content (AvgIpc) is 2.96. The van der Waals surface area contributed by atoms with E-state index in [-0.39, 0.29) is 16.8 Å². The van der Waals surface area contributed by atoms with E-state index in [1.165, 1.54) is 16.9 Å². The highest BCUT2D eigenvalue weighted by Crippen LogP contribution is 2.23. The summed E-state index contributed by atoms with van der Waals surface area (Å²) in [7, 11) is 0. The van der Waals surface area contributed by atoms with Crippen molar-refractivity contribution in [2.24, 2.45) is 0 Å². The van der Waals surface area contributed by atoms with Gasteiger partial charge in [-0.1, -0.05) is 51.1 Å². The first-order valence-electron chi connectivity index (χ1n) is 6.72. The van der Waals surface area contributed by atoms with Gasteiger partial charge in [0.15, 0.2) is 0 Å². The van der Waals surface area contributed by atoms with Gasteiger partial charge in [-0.05, 0) is 28.5 Å². The van der Waals surface area contributed by atoms with Crippen molar-refractivity contribution in [3.8, 4) is 6.07 Å². The number of carbonyl (C=O) groups is 1. The molecule has 0 saturated carbocycles. The Balaban J connectivity index is 2.29. The third kappa shape index (κ3) is 3.68. The number of hydrogen-bond donors (Lipinski definition) is 0. The molecule has 3 heteroatoms. The summed E-state index contributed by atoms with van der Waals surface area (Å²) in [5.41, 5.74) is 1.93. The summed E-state index contributed by atoms with van der Waals surface area (Å²) >= 11 is 1.51. The molecule has 2 rings (SSSR count). The predicted octanol–water partition coefficient (Wildman–Crippen LogP) is 4.84. The fraction of sp³-hybridized carbons (Fsp3) is 0.222. The molecule has 0 unspecified atom stereocenters. The van der Waals surface area contributed by atoms with Crippen LogP contribution in [-0.2, 0) is 5.41 Å². The quantitative estimate of drug-likeness (QED) is 0.462. The van der Waals surface area contributed by atoms with Crippen molar-refractivity contribution in [2.75, 3.05) is 0 Å².